The highest BCUT2D eigenvalue weighted by Crippen LogP contribution is 2.33. The zero-order chi connectivity index (χ0) is 21.1. The van der Waals surface area contributed by atoms with E-state index in [1.54, 1.807) is 6.07 Å². The first-order chi connectivity index (χ1) is 13.8. The van der Waals surface area contributed by atoms with Crippen molar-refractivity contribution in [3.8, 4) is 11.5 Å². The van der Waals surface area contributed by atoms with Gasteiger partial charge in [0.15, 0.2) is 17.3 Å². The summed E-state index contributed by atoms with van der Waals surface area (Å²) in [6.45, 7) is 0.383. The molecule has 3 rings (SSSR count). The Kier molecular flexibility index (Phi) is 6.49. The van der Waals surface area contributed by atoms with Crippen molar-refractivity contribution in [3.05, 3.63) is 51.8 Å². The molecule has 1 unspecified atom stereocenters. The number of rotatable bonds is 5. The monoisotopic (exact) mass is 440 g/mol. The average Bonchev–Trinajstić information content (AvgIpc) is 3.20. The lowest BCUT2D eigenvalue weighted by atomic mass is 10.1. The molecule has 1 N–H and O–H groups in total. The zero-order valence-electron chi connectivity index (χ0n) is 15.8. The third-order valence-electron chi connectivity index (χ3n) is 4.71. The van der Waals surface area contributed by atoms with E-state index in [4.69, 9.17) is 32.7 Å². The van der Waals surface area contributed by atoms with Crippen molar-refractivity contribution in [1.29, 1.82) is 0 Å². The van der Waals surface area contributed by atoms with Gasteiger partial charge in [-0.05, 0) is 31.0 Å². The molecule has 0 spiro atoms. The van der Waals surface area contributed by atoms with Crippen molar-refractivity contribution < 1.29 is 23.5 Å². The molecule has 1 saturated heterocycles. The number of carbonyl (C=O) groups is 2. The van der Waals surface area contributed by atoms with Crippen LogP contribution in [0, 0.1) is 5.82 Å². The van der Waals surface area contributed by atoms with Crippen LogP contribution in [-0.4, -0.2) is 43.5 Å². The van der Waals surface area contributed by atoms with Gasteiger partial charge in [-0.1, -0.05) is 23.2 Å². The van der Waals surface area contributed by atoms with Crippen LogP contribution in [0.3, 0.4) is 0 Å². The van der Waals surface area contributed by atoms with Crippen molar-refractivity contribution >= 4 is 40.7 Å². The maximum Gasteiger partial charge on any atom is 0.256 e. The second-order valence-corrected chi connectivity index (χ2v) is 7.30. The number of hydrogen-bond donors (Lipinski definition) is 1. The molecule has 0 aromatic heterocycles. The summed E-state index contributed by atoms with van der Waals surface area (Å²) in [5.41, 5.74) is 0.156. The second kappa shape index (κ2) is 8.88. The highest BCUT2D eigenvalue weighted by molar-refractivity contribution is 6.35. The first-order valence-electron chi connectivity index (χ1n) is 8.84. The van der Waals surface area contributed by atoms with Crippen molar-refractivity contribution in [2.24, 2.45) is 0 Å². The molecule has 0 radical (unpaired) electrons. The number of hydrogen-bond acceptors (Lipinski definition) is 4. The number of carbonyl (C=O) groups excluding carboxylic acids is 2. The summed E-state index contributed by atoms with van der Waals surface area (Å²) in [4.78, 5) is 27.2. The van der Waals surface area contributed by atoms with Crippen LogP contribution >= 0.6 is 23.2 Å². The van der Waals surface area contributed by atoms with Gasteiger partial charge in [0.1, 0.15) is 6.04 Å². The molecule has 2 amide bonds. The molecular weight excluding hydrogens is 422 g/mol. The quantitative estimate of drug-likeness (QED) is 0.748. The van der Waals surface area contributed by atoms with Gasteiger partial charge in [0.05, 0.1) is 30.5 Å². The third-order valence-corrected chi connectivity index (χ3v) is 5.27. The van der Waals surface area contributed by atoms with Crippen molar-refractivity contribution in [3.63, 3.8) is 0 Å². The van der Waals surface area contributed by atoms with E-state index in [2.05, 4.69) is 5.32 Å². The fourth-order valence-electron chi connectivity index (χ4n) is 3.26. The molecule has 2 aromatic carbocycles. The number of methoxy groups -OCH3 is 2. The Bertz CT molecular complexity index is 954. The minimum Gasteiger partial charge on any atom is -0.493 e. The van der Waals surface area contributed by atoms with Gasteiger partial charge in [-0.25, -0.2) is 4.39 Å². The summed E-state index contributed by atoms with van der Waals surface area (Å²) in [7, 11) is 2.80. The van der Waals surface area contributed by atoms with E-state index in [1.165, 1.54) is 37.3 Å². The molecule has 0 aliphatic carbocycles. The van der Waals surface area contributed by atoms with Crippen LogP contribution in [0.5, 0.6) is 11.5 Å². The topological polar surface area (TPSA) is 67.9 Å². The number of halogens is 3. The first kappa shape index (κ1) is 21.2. The number of ether oxygens (including phenoxy) is 2. The van der Waals surface area contributed by atoms with Gasteiger partial charge in [0.25, 0.3) is 5.91 Å². The van der Waals surface area contributed by atoms with E-state index in [1.807, 2.05) is 0 Å². The number of nitrogens with zero attached hydrogens (tertiary/aromatic N) is 1. The summed E-state index contributed by atoms with van der Waals surface area (Å²) in [5, 5.41) is 3.15. The highest BCUT2D eigenvalue weighted by atomic mass is 35.5. The lowest BCUT2D eigenvalue weighted by Crippen LogP contribution is -2.43. The van der Waals surface area contributed by atoms with Crippen LogP contribution in [0.15, 0.2) is 30.3 Å². The van der Waals surface area contributed by atoms with Crippen LogP contribution in [0.4, 0.5) is 10.1 Å². The normalized spacial score (nSPS) is 15.9. The average molecular weight is 441 g/mol. The minimum atomic E-state index is -0.759. The molecule has 0 bridgehead atoms. The van der Waals surface area contributed by atoms with Gasteiger partial charge < -0.3 is 19.7 Å². The lowest BCUT2D eigenvalue weighted by Gasteiger charge is -2.24. The van der Waals surface area contributed by atoms with Gasteiger partial charge >= 0.3 is 0 Å². The Balaban J connectivity index is 1.82. The number of nitrogens with one attached hydrogen (secondary N) is 1. The molecular formula is C20H19Cl2FN2O4. The Morgan fingerprint density at radius 3 is 2.52 bits per heavy atom. The standard InChI is InChI=1S/C20H19Cl2FN2O4/c1-28-17-9-14(23)15(10-18(17)29-2)24-19(26)16-4-3-7-25(16)20(27)12-8-11(21)5-6-13(12)22/h5-6,8-10,16H,3-4,7H2,1-2H3,(H,24,26). The van der Waals surface area contributed by atoms with Crippen LogP contribution in [0.2, 0.25) is 10.0 Å². The van der Waals surface area contributed by atoms with Gasteiger partial charge in [0.2, 0.25) is 5.91 Å². The van der Waals surface area contributed by atoms with Gasteiger partial charge in [-0.3, -0.25) is 9.59 Å². The zero-order valence-corrected chi connectivity index (χ0v) is 17.3. The van der Waals surface area contributed by atoms with Crippen molar-refractivity contribution in [1.82, 2.24) is 4.90 Å². The number of anilines is 1. The summed E-state index contributed by atoms with van der Waals surface area (Å²) in [5.74, 6) is -1.10. The molecule has 1 heterocycles. The molecule has 1 aliphatic heterocycles. The van der Waals surface area contributed by atoms with E-state index in [0.717, 1.165) is 6.07 Å². The third kappa shape index (κ3) is 4.41. The predicted molar refractivity (Wildman–Crippen MR) is 109 cm³/mol. The fourth-order valence-corrected chi connectivity index (χ4v) is 3.63. The lowest BCUT2D eigenvalue weighted by molar-refractivity contribution is -0.119. The van der Waals surface area contributed by atoms with E-state index in [0.29, 0.717) is 24.4 Å². The molecule has 154 valence electrons. The molecule has 9 heteroatoms. The van der Waals surface area contributed by atoms with Gasteiger partial charge in [0, 0.05) is 23.7 Å². The van der Waals surface area contributed by atoms with Crippen molar-refractivity contribution in [2.45, 2.75) is 18.9 Å². The summed E-state index contributed by atoms with van der Waals surface area (Å²) < 4.78 is 24.5. The first-order valence-corrected chi connectivity index (χ1v) is 9.59. The Morgan fingerprint density at radius 2 is 1.83 bits per heavy atom. The SMILES string of the molecule is COc1cc(F)c(NC(=O)C2CCCN2C(=O)c2cc(Cl)ccc2Cl)cc1OC. The van der Waals surface area contributed by atoms with Crippen LogP contribution in [0.1, 0.15) is 23.2 Å². The van der Waals surface area contributed by atoms with Gasteiger partial charge in [-0.15, -0.1) is 0 Å². The molecule has 1 aliphatic rings. The molecule has 6 nitrogen and oxygen atoms in total. The largest absolute Gasteiger partial charge is 0.493 e. The second-order valence-electron chi connectivity index (χ2n) is 6.46. The summed E-state index contributed by atoms with van der Waals surface area (Å²) in [6, 6.07) is 6.27. The van der Waals surface area contributed by atoms with Gasteiger partial charge in [-0.2, -0.15) is 0 Å². The molecule has 0 saturated carbocycles. The molecule has 2 aromatic rings. The molecule has 29 heavy (non-hydrogen) atoms. The Labute approximate surface area is 177 Å². The van der Waals surface area contributed by atoms with Crippen molar-refractivity contribution in [2.75, 3.05) is 26.1 Å². The Hall–Kier alpha value is -2.51. The van der Waals surface area contributed by atoms with Crippen LogP contribution in [0.25, 0.3) is 0 Å². The smallest absolute Gasteiger partial charge is 0.256 e. The maximum atomic E-state index is 14.4. The number of amides is 2. The van der Waals surface area contributed by atoms with Crippen LogP contribution in [-0.2, 0) is 4.79 Å². The predicted octanol–water partition coefficient (Wildman–Crippen LogP) is 4.39. The number of likely N-dealkylation sites (tertiary alicyclic amines) is 1. The molecule has 1 fully saturated rings. The van der Waals surface area contributed by atoms with E-state index in [9.17, 15) is 14.0 Å². The number of benzene rings is 2. The van der Waals surface area contributed by atoms with Crippen LogP contribution < -0.4 is 14.8 Å². The summed E-state index contributed by atoms with van der Waals surface area (Å²) >= 11 is 12.1. The Morgan fingerprint density at radius 1 is 1.14 bits per heavy atom. The summed E-state index contributed by atoms with van der Waals surface area (Å²) in [6.07, 6.45) is 1.08. The van der Waals surface area contributed by atoms with E-state index < -0.39 is 23.7 Å². The van der Waals surface area contributed by atoms with E-state index >= 15 is 0 Å². The fraction of sp³-hybridized carbons (Fsp3) is 0.300. The highest BCUT2D eigenvalue weighted by Gasteiger charge is 2.35. The minimum absolute atomic E-state index is 0.0623. The molecule has 1 atom stereocenters. The van der Waals surface area contributed by atoms with E-state index in [-0.39, 0.29) is 27.8 Å². The maximum absolute atomic E-state index is 14.4.